The van der Waals surface area contributed by atoms with E-state index in [1.54, 1.807) is 0 Å². The third kappa shape index (κ3) is 3.62. The fourth-order valence-corrected chi connectivity index (χ4v) is 3.90. The molecule has 1 atom stereocenters. The van der Waals surface area contributed by atoms with Crippen LogP contribution < -0.4 is 0 Å². The molecule has 3 nitrogen and oxygen atoms in total. The lowest BCUT2D eigenvalue weighted by atomic mass is 10.1. The Hall–Kier alpha value is -2.13. The molecule has 1 aliphatic heterocycles. The topological polar surface area (TPSA) is 23.6 Å². The molecule has 2 fully saturated rings. The molecule has 2 aliphatic rings. The van der Waals surface area contributed by atoms with Crippen molar-refractivity contribution in [3.8, 4) is 0 Å². The van der Waals surface area contributed by atoms with E-state index in [2.05, 4.69) is 65.4 Å². The molecule has 1 heterocycles. The molecule has 3 heteroatoms. The number of hydrogen-bond acceptors (Lipinski definition) is 2. The van der Waals surface area contributed by atoms with Gasteiger partial charge in [0.1, 0.15) is 6.17 Å². The molecule has 1 amide bonds. The Morgan fingerprint density at radius 2 is 1.64 bits per heavy atom. The van der Waals surface area contributed by atoms with Crippen LogP contribution in [0.3, 0.4) is 0 Å². The van der Waals surface area contributed by atoms with Crippen LogP contribution in [-0.2, 0) is 11.2 Å². The summed E-state index contributed by atoms with van der Waals surface area (Å²) >= 11 is 0. The molecule has 0 bridgehead atoms. The van der Waals surface area contributed by atoms with Crippen LogP contribution in [0.25, 0.3) is 0 Å². The van der Waals surface area contributed by atoms with Crippen molar-refractivity contribution < 1.29 is 4.79 Å². The van der Waals surface area contributed by atoms with Crippen LogP contribution in [-0.4, -0.2) is 35.8 Å². The largest absolute Gasteiger partial charge is 0.322 e. The molecule has 1 aliphatic carbocycles. The van der Waals surface area contributed by atoms with Gasteiger partial charge in [-0.1, -0.05) is 54.6 Å². The fraction of sp³-hybridized carbons (Fsp3) is 0.409. The van der Waals surface area contributed by atoms with Gasteiger partial charge in [-0.25, -0.2) is 0 Å². The highest BCUT2D eigenvalue weighted by atomic mass is 16.2. The van der Waals surface area contributed by atoms with E-state index >= 15 is 0 Å². The van der Waals surface area contributed by atoms with Crippen LogP contribution in [0.4, 0.5) is 0 Å². The number of nitrogens with zero attached hydrogens (tertiary/aromatic N) is 2. The molecule has 1 saturated carbocycles. The number of carbonyl (C=O) groups excluding carboxylic acids is 1. The van der Waals surface area contributed by atoms with Gasteiger partial charge in [0.2, 0.25) is 5.91 Å². The number of aryl methyl sites for hydroxylation is 1. The minimum absolute atomic E-state index is 0.0801. The van der Waals surface area contributed by atoms with Gasteiger partial charge in [0.15, 0.2) is 0 Å². The van der Waals surface area contributed by atoms with Crippen LogP contribution in [0, 0.1) is 0 Å². The van der Waals surface area contributed by atoms with Crippen molar-refractivity contribution in [2.75, 3.05) is 20.1 Å². The molecule has 4 rings (SSSR count). The molecule has 0 spiro atoms. The highest BCUT2D eigenvalue weighted by Gasteiger charge is 2.36. The number of likely N-dealkylation sites (N-methyl/N-ethyl adjacent to an activating group) is 1. The zero-order chi connectivity index (χ0) is 17.2. The van der Waals surface area contributed by atoms with E-state index in [1.165, 1.54) is 29.5 Å². The summed E-state index contributed by atoms with van der Waals surface area (Å²) in [6, 6.07) is 19.5. The van der Waals surface area contributed by atoms with Gasteiger partial charge in [0, 0.05) is 6.54 Å². The maximum atomic E-state index is 12.5. The van der Waals surface area contributed by atoms with E-state index in [0.29, 0.717) is 6.54 Å². The van der Waals surface area contributed by atoms with Gasteiger partial charge < -0.3 is 4.90 Å². The van der Waals surface area contributed by atoms with E-state index < -0.39 is 0 Å². The van der Waals surface area contributed by atoms with Crippen molar-refractivity contribution >= 4 is 5.91 Å². The molecular weight excluding hydrogens is 308 g/mol. The number of benzene rings is 2. The van der Waals surface area contributed by atoms with E-state index in [-0.39, 0.29) is 12.1 Å². The maximum Gasteiger partial charge on any atom is 0.238 e. The Bertz CT molecular complexity index is 721. The van der Waals surface area contributed by atoms with Crippen LogP contribution in [0.15, 0.2) is 54.6 Å². The normalized spacial score (nSPS) is 21.1. The van der Waals surface area contributed by atoms with Crippen LogP contribution in [0.2, 0.25) is 0 Å². The Kier molecular flexibility index (Phi) is 4.58. The van der Waals surface area contributed by atoms with Crippen molar-refractivity contribution in [1.82, 2.24) is 9.80 Å². The van der Waals surface area contributed by atoms with Crippen molar-refractivity contribution in [1.29, 1.82) is 0 Å². The molecule has 25 heavy (non-hydrogen) atoms. The highest BCUT2D eigenvalue weighted by molar-refractivity contribution is 5.80. The third-order valence-electron chi connectivity index (χ3n) is 5.41. The molecule has 0 radical (unpaired) electrons. The summed E-state index contributed by atoms with van der Waals surface area (Å²) in [5, 5.41) is 0. The summed E-state index contributed by atoms with van der Waals surface area (Å²) in [5.41, 5.74) is 4.02. The third-order valence-corrected chi connectivity index (χ3v) is 5.41. The lowest BCUT2D eigenvalue weighted by Gasteiger charge is -2.28. The standard InChI is InChI=1S/C22H26N2O/c1-23-16-21(25)24(15-5-8-17-6-3-2-4-7-17)22(23)20-13-11-19(12-14-20)18-9-10-18/h2-4,6-7,11-14,18,22H,5,8-10,15-16H2,1H3. The minimum Gasteiger partial charge on any atom is -0.322 e. The van der Waals surface area contributed by atoms with Crippen molar-refractivity contribution in [3.05, 3.63) is 71.3 Å². The smallest absolute Gasteiger partial charge is 0.238 e. The van der Waals surface area contributed by atoms with Gasteiger partial charge in [-0.2, -0.15) is 0 Å². The highest BCUT2D eigenvalue weighted by Crippen LogP contribution is 2.40. The number of hydrogen-bond donors (Lipinski definition) is 0. The first-order chi connectivity index (χ1) is 12.2. The molecule has 0 N–H and O–H groups in total. The van der Waals surface area contributed by atoms with Crippen LogP contribution in [0.1, 0.15) is 48.0 Å². The molecule has 1 unspecified atom stereocenters. The second-order valence-electron chi connectivity index (χ2n) is 7.41. The number of carbonyl (C=O) groups is 1. The summed E-state index contributed by atoms with van der Waals surface area (Å²) < 4.78 is 0. The van der Waals surface area contributed by atoms with E-state index in [4.69, 9.17) is 0 Å². The summed E-state index contributed by atoms with van der Waals surface area (Å²) in [7, 11) is 2.05. The second-order valence-corrected chi connectivity index (χ2v) is 7.41. The maximum absolute atomic E-state index is 12.5. The van der Waals surface area contributed by atoms with Gasteiger partial charge in [-0.15, -0.1) is 0 Å². The minimum atomic E-state index is 0.0801. The SMILES string of the molecule is CN1CC(=O)N(CCCc2ccccc2)C1c1ccc(C2CC2)cc1. The number of amides is 1. The van der Waals surface area contributed by atoms with E-state index in [1.807, 2.05) is 6.07 Å². The lowest BCUT2D eigenvalue weighted by Crippen LogP contribution is -2.32. The quantitative estimate of drug-likeness (QED) is 0.798. The summed E-state index contributed by atoms with van der Waals surface area (Å²) in [5.74, 6) is 1.02. The monoisotopic (exact) mass is 334 g/mol. The van der Waals surface area contributed by atoms with E-state index in [9.17, 15) is 4.79 Å². The van der Waals surface area contributed by atoms with Gasteiger partial charge in [-0.3, -0.25) is 9.69 Å². The van der Waals surface area contributed by atoms with Crippen LogP contribution >= 0.6 is 0 Å². The first-order valence-electron chi connectivity index (χ1n) is 9.36. The molecule has 2 aromatic rings. The Labute approximate surface area is 150 Å². The zero-order valence-corrected chi connectivity index (χ0v) is 14.9. The number of rotatable bonds is 6. The fourth-order valence-electron chi connectivity index (χ4n) is 3.90. The summed E-state index contributed by atoms with van der Waals surface area (Å²) in [6.45, 7) is 1.33. The van der Waals surface area contributed by atoms with Gasteiger partial charge in [-0.05, 0) is 55.3 Å². The average Bonchev–Trinajstić information content (AvgIpc) is 3.43. The lowest BCUT2D eigenvalue weighted by molar-refractivity contribution is -0.128. The van der Waals surface area contributed by atoms with Crippen molar-refractivity contribution in [3.63, 3.8) is 0 Å². The second kappa shape index (κ2) is 7.01. The first kappa shape index (κ1) is 16.3. The van der Waals surface area contributed by atoms with Gasteiger partial charge in [0.25, 0.3) is 0 Å². The Balaban J connectivity index is 1.44. The molecule has 1 saturated heterocycles. The van der Waals surface area contributed by atoms with Gasteiger partial charge >= 0.3 is 0 Å². The predicted molar refractivity (Wildman–Crippen MR) is 100 cm³/mol. The molecule has 2 aromatic carbocycles. The Morgan fingerprint density at radius 1 is 0.960 bits per heavy atom. The summed E-state index contributed by atoms with van der Waals surface area (Å²) in [4.78, 5) is 16.7. The van der Waals surface area contributed by atoms with Gasteiger partial charge in [0.05, 0.1) is 6.54 Å². The zero-order valence-electron chi connectivity index (χ0n) is 14.9. The van der Waals surface area contributed by atoms with E-state index in [0.717, 1.165) is 25.3 Å². The molecule has 0 aromatic heterocycles. The summed E-state index contributed by atoms with van der Waals surface area (Å²) in [6.07, 6.45) is 4.75. The van der Waals surface area contributed by atoms with Crippen molar-refractivity contribution in [2.45, 2.75) is 37.8 Å². The molecule has 130 valence electrons. The van der Waals surface area contributed by atoms with Crippen molar-refractivity contribution in [2.24, 2.45) is 0 Å². The predicted octanol–water partition coefficient (Wildman–Crippen LogP) is 3.97. The first-order valence-corrected chi connectivity index (χ1v) is 9.36. The van der Waals surface area contributed by atoms with Crippen LogP contribution in [0.5, 0.6) is 0 Å². The molecular formula is C22H26N2O. The Morgan fingerprint density at radius 3 is 2.32 bits per heavy atom. The average molecular weight is 334 g/mol.